The van der Waals surface area contributed by atoms with Crippen molar-refractivity contribution in [2.24, 2.45) is 0 Å². The van der Waals surface area contributed by atoms with Crippen molar-refractivity contribution < 1.29 is 13.6 Å². The fourth-order valence-corrected chi connectivity index (χ4v) is 2.99. The van der Waals surface area contributed by atoms with Crippen LogP contribution in [0.15, 0.2) is 48.5 Å². The van der Waals surface area contributed by atoms with Crippen LogP contribution in [-0.4, -0.2) is 29.0 Å². The summed E-state index contributed by atoms with van der Waals surface area (Å²) >= 11 is 0. The van der Waals surface area contributed by atoms with Crippen LogP contribution in [-0.2, 0) is 0 Å². The van der Waals surface area contributed by atoms with Crippen LogP contribution >= 0.6 is 0 Å². The van der Waals surface area contributed by atoms with Crippen molar-refractivity contribution in [1.29, 1.82) is 0 Å². The van der Waals surface area contributed by atoms with Crippen LogP contribution < -0.4 is 15.5 Å². The van der Waals surface area contributed by atoms with Crippen molar-refractivity contribution >= 4 is 29.0 Å². The van der Waals surface area contributed by atoms with Gasteiger partial charge in [-0.3, -0.25) is 4.79 Å². The van der Waals surface area contributed by atoms with E-state index in [0.29, 0.717) is 17.3 Å². The number of nitrogens with one attached hydrogen (secondary N) is 2. The highest BCUT2D eigenvalue weighted by Gasteiger charge is 2.17. The zero-order valence-electron chi connectivity index (χ0n) is 17.0. The van der Waals surface area contributed by atoms with E-state index in [1.54, 1.807) is 24.3 Å². The first-order valence-electron chi connectivity index (χ1n) is 9.64. The number of anilines is 4. The molecule has 1 heterocycles. The lowest BCUT2D eigenvalue weighted by molar-refractivity contribution is 0.101. The lowest BCUT2D eigenvalue weighted by atomic mass is 10.1. The summed E-state index contributed by atoms with van der Waals surface area (Å²) in [5.74, 6) is -1.37. The number of benzene rings is 2. The van der Waals surface area contributed by atoms with Crippen molar-refractivity contribution in [2.45, 2.75) is 20.8 Å². The molecule has 0 fully saturated rings. The van der Waals surface area contributed by atoms with Gasteiger partial charge in [-0.1, -0.05) is 6.07 Å². The normalized spacial score (nSPS) is 10.6. The Morgan fingerprint density at radius 3 is 2.17 bits per heavy atom. The highest BCUT2D eigenvalue weighted by molar-refractivity contribution is 6.04. The molecular formula is C22H23F2N5O. The highest BCUT2D eigenvalue weighted by atomic mass is 19.1. The third-order valence-corrected chi connectivity index (χ3v) is 4.52. The number of halogens is 2. The molecule has 3 rings (SSSR count). The van der Waals surface area contributed by atoms with Gasteiger partial charge in [-0.2, -0.15) is 4.98 Å². The zero-order chi connectivity index (χ0) is 21.7. The van der Waals surface area contributed by atoms with Crippen LogP contribution in [0.3, 0.4) is 0 Å². The van der Waals surface area contributed by atoms with E-state index >= 15 is 0 Å². The van der Waals surface area contributed by atoms with Crippen molar-refractivity contribution in [2.75, 3.05) is 28.6 Å². The fraction of sp³-hybridized carbons (Fsp3) is 0.227. The molecule has 1 amide bonds. The second-order valence-electron chi connectivity index (χ2n) is 6.62. The lowest BCUT2D eigenvalue weighted by Gasteiger charge is -2.20. The molecule has 2 aromatic carbocycles. The van der Waals surface area contributed by atoms with Gasteiger partial charge in [0, 0.05) is 36.2 Å². The minimum Gasteiger partial charge on any atom is -0.357 e. The lowest BCUT2D eigenvalue weighted by Crippen LogP contribution is -2.23. The Labute approximate surface area is 174 Å². The van der Waals surface area contributed by atoms with E-state index in [9.17, 15) is 13.6 Å². The van der Waals surface area contributed by atoms with Gasteiger partial charge < -0.3 is 15.5 Å². The maximum Gasteiger partial charge on any atom is 0.261 e. The van der Waals surface area contributed by atoms with E-state index in [-0.39, 0.29) is 0 Å². The van der Waals surface area contributed by atoms with E-state index in [4.69, 9.17) is 0 Å². The number of nitrogens with zero attached hydrogens (tertiary/aromatic N) is 3. The Hall–Kier alpha value is -3.55. The maximum atomic E-state index is 13.8. The molecule has 0 aliphatic carbocycles. The summed E-state index contributed by atoms with van der Waals surface area (Å²) < 4.78 is 27.5. The molecule has 0 saturated carbocycles. The number of aromatic nitrogens is 2. The molecule has 0 atom stereocenters. The molecule has 30 heavy (non-hydrogen) atoms. The molecule has 0 radical (unpaired) electrons. The summed E-state index contributed by atoms with van der Waals surface area (Å²) in [6.07, 6.45) is 0. The van der Waals surface area contributed by atoms with Crippen LogP contribution in [0.2, 0.25) is 0 Å². The van der Waals surface area contributed by atoms with Gasteiger partial charge in [0.05, 0.1) is 0 Å². The smallest absolute Gasteiger partial charge is 0.261 e. The second kappa shape index (κ2) is 9.30. The number of amides is 1. The van der Waals surface area contributed by atoms with Crippen molar-refractivity contribution in [3.05, 3.63) is 71.4 Å². The van der Waals surface area contributed by atoms with Gasteiger partial charge in [0.25, 0.3) is 5.91 Å². The van der Waals surface area contributed by atoms with E-state index < -0.39 is 23.1 Å². The molecule has 0 bridgehead atoms. The molecule has 6 nitrogen and oxygen atoms in total. The van der Waals surface area contributed by atoms with Gasteiger partial charge in [-0.05, 0) is 57.2 Å². The largest absolute Gasteiger partial charge is 0.357 e. The topological polar surface area (TPSA) is 70.2 Å². The van der Waals surface area contributed by atoms with Gasteiger partial charge in [0.2, 0.25) is 5.95 Å². The van der Waals surface area contributed by atoms with Gasteiger partial charge >= 0.3 is 0 Å². The number of hydrogen-bond donors (Lipinski definition) is 2. The second-order valence-corrected chi connectivity index (χ2v) is 6.62. The van der Waals surface area contributed by atoms with E-state index in [1.165, 1.54) is 6.07 Å². The molecule has 0 spiro atoms. The Balaban J connectivity index is 1.73. The van der Waals surface area contributed by atoms with Gasteiger partial charge in [-0.15, -0.1) is 0 Å². The number of aryl methyl sites for hydroxylation is 1. The standard InChI is InChI=1S/C22H23F2N5O/c1-4-29(5-2)19-13-14(3)25-22(28-19)27-16-11-9-15(10-12-16)26-21(30)20-17(23)7-6-8-18(20)24/h6-13H,4-5H2,1-3H3,(H,26,30)(H,25,27,28). The first kappa shape index (κ1) is 21.2. The van der Waals surface area contributed by atoms with E-state index in [0.717, 1.165) is 36.7 Å². The predicted octanol–water partition coefficient (Wildman–Crippen LogP) is 4.91. The van der Waals surface area contributed by atoms with Crippen LogP contribution in [0.5, 0.6) is 0 Å². The van der Waals surface area contributed by atoms with Gasteiger partial charge in [0.1, 0.15) is 23.0 Å². The quantitative estimate of drug-likeness (QED) is 0.578. The predicted molar refractivity (Wildman–Crippen MR) is 114 cm³/mol. The highest BCUT2D eigenvalue weighted by Crippen LogP contribution is 2.21. The SMILES string of the molecule is CCN(CC)c1cc(C)nc(Nc2ccc(NC(=O)c3c(F)cccc3F)cc2)n1. The monoisotopic (exact) mass is 411 g/mol. The molecule has 0 unspecified atom stereocenters. The third-order valence-electron chi connectivity index (χ3n) is 4.52. The Bertz CT molecular complexity index is 1020. The van der Waals surface area contributed by atoms with Crippen LogP contribution in [0.1, 0.15) is 29.9 Å². The minimum absolute atomic E-state index is 0.405. The molecule has 8 heteroatoms. The van der Waals surface area contributed by atoms with E-state index in [1.807, 2.05) is 13.0 Å². The number of hydrogen-bond acceptors (Lipinski definition) is 5. The fourth-order valence-electron chi connectivity index (χ4n) is 2.99. The number of carbonyl (C=O) groups is 1. The molecular weight excluding hydrogens is 388 g/mol. The summed E-state index contributed by atoms with van der Waals surface area (Å²) in [6.45, 7) is 7.70. The molecule has 0 saturated heterocycles. The summed E-state index contributed by atoms with van der Waals surface area (Å²) in [6, 6.07) is 11.9. The summed E-state index contributed by atoms with van der Waals surface area (Å²) in [5, 5.41) is 5.63. The molecule has 0 aliphatic rings. The zero-order valence-corrected chi connectivity index (χ0v) is 17.0. The molecule has 156 valence electrons. The molecule has 3 aromatic rings. The Morgan fingerprint density at radius 1 is 0.967 bits per heavy atom. The van der Waals surface area contributed by atoms with E-state index in [2.05, 4.69) is 39.3 Å². The van der Waals surface area contributed by atoms with Crippen LogP contribution in [0, 0.1) is 18.6 Å². The van der Waals surface area contributed by atoms with Crippen LogP contribution in [0.4, 0.5) is 31.9 Å². The summed E-state index contributed by atoms with van der Waals surface area (Å²) in [4.78, 5) is 23.3. The van der Waals surface area contributed by atoms with Crippen molar-refractivity contribution in [3.63, 3.8) is 0 Å². The van der Waals surface area contributed by atoms with Gasteiger partial charge in [-0.25, -0.2) is 13.8 Å². The first-order chi connectivity index (χ1) is 14.4. The average molecular weight is 411 g/mol. The average Bonchev–Trinajstić information content (AvgIpc) is 2.70. The van der Waals surface area contributed by atoms with Gasteiger partial charge in [0.15, 0.2) is 0 Å². The first-order valence-corrected chi connectivity index (χ1v) is 9.64. The summed E-state index contributed by atoms with van der Waals surface area (Å²) in [7, 11) is 0. The van der Waals surface area contributed by atoms with Crippen molar-refractivity contribution in [3.8, 4) is 0 Å². The minimum atomic E-state index is -0.911. The number of rotatable bonds is 7. The Kier molecular flexibility index (Phi) is 6.56. The maximum absolute atomic E-state index is 13.8. The summed E-state index contributed by atoms with van der Waals surface area (Å²) in [5.41, 5.74) is 1.34. The molecule has 0 aliphatic heterocycles. The Morgan fingerprint density at radius 2 is 1.57 bits per heavy atom. The molecule has 2 N–H and O–H groups in total. The third kappa shape index (κ3) is 4.89. The van der Waals surface area contributed by atoms with Crippen molar-refractivity contribution in [1.82, 2.24) is 9.97 Å². The number of carbonyl (C=O) groups excluding carboxylic acids is 1. The van der Waals surface area contributed by atoms with Crippen LogP contribution in [0.25, 0.3) is 0 Å². The molecule has 1 aromatic heterocycles.